The van der Waals surface area contributed by atoms with Crippen LogP contribution < -0.4 is 10.6 Å². The van der Waals surface area contributed by atoms with Crippen LogP contribution in [0.15, 0.2) is 0 Å². The first-order valence-electron chi connectivity index (χ1n) is 10.6. The first-order chi connectivity index (χ1) is 13.6. The van der Waals surface area contributed by atoms with E-state index in [0.717, 1.165) is 25.7 Å². The molecule has 0 radical (unpaired) electrons. The molecular weight excluding hydrogens is 376 g/mol. The Morgan fingerprint density at radius 1 is 0.966 bits per heavy atom. The average Bonchev–Trinajstić information content (AvgIpc) is 3.45. The minimum atomic E-state index is -1.24. The second-order valence-corrected chi connectivity index (χ2v) is 8.79. The van der Waals surface area contributed by atoms with Gasteiger partial charge in [0.2, 0.25) is 11.8 Å². The van der Waals surface area contributed by atoms with Crippen molar-refractivity contribution in [2.75, 3.05) is 19.8 Å². The first kappa shape index (κ1) is 25.5. The topological polar surface area (TPSA) is 128 Å². The Labute approximate surface area is 173 Å². The van der Waals surface area contributed by atoms with Crippen molar-refractivity contribution in [2.45, 2.75) is 83.9 Å². The molecule has 0 aromatic heterocycles. The molecule has 1 heterocycles. The van der Waals surface area contributed by atoms with Gasteiger partial charge in [0.25, 0.3) is 0 Å². The standard InChI is InChI=1S/C21H38N2O6/c1-14(2)8-6-5-7-9-18(26)22-17(11-24)20(28)23-16(10-15(3)4)19(27)21(12-25)13-29-21/h14-17,24-25H,5-13H2,1-4H3,(H,22,26)(H,23,28)/t16-,17-,21?/m0/s1. The SMILES string of the molecule is CC(C)CCCCCC(=O)N[C@@H](CO)C(=O)N[C@@H](CC(C)C)C(=O)C1(CO)CO1. The minimum absolute atomic E-state index is 0.117. The molecular formula is C21H38N2O6. The second-order valence-electron chi connectivity index (χ2n) is 8.79. The Morgan fingerprint density at radius 3 is 2.10 bits per heavy atom. The number of hydrogen-bond acceptors (Lipinski definition) is 6. The molecule has 1 aliphatic rings. The smallest absolute Gasteiger partial charge is 0.245 e. The number of ether oxygens (including phenoxy) is 1. The summed E-state index contributed by atoms with van der Waals surface area (Å²) in [6.07, 6.45) is 4.50. The van der Waals surface area contributed by atoms with Gasteiger partial charge in [0, 0.05) is 6.42 Å². The molecule has 0 saturated carbocycles. The van der Waals surface area contributed by atoms with Gasteiger partial charge in [-0.1, -0.05) is 47.0 Å². The van der Waals surface area contributed by atoms with Crippen molar-refractivity contribution in [1.82, 2.24) is 10.6 Å². The summed E-state index contributed by atoms with van der Waals surface area (Å²) in [5.41, 5.74) is -1.24. The zero-order valence-corrected chi connectivity index (χ0v) is 18.2. The molecule has 0 aliphatic carbocycles. The van der Waals surface area contributed by atoms with Gasteiger partial charge in [0.05, 0.1) is 25.9 Å². The van der Waals surface area contributed by atoms with Crippen molar-refractivity contribution < 1.29 is 29.3 Å². The molecule has 0 bridgehead atoms. The molecule has 0 aromatic carbocycles. The molecule has 29 heavy (non-hydrogen) atoms. The number of unbranched alkanes of at least 4 members (excludes halogenated alkanes) is 2. The molecule has 1 aliphatic heterocycles. The van der Waals surface area contributed by atoms with Gasteiger partial charge >= 0.3 is 0 Å². The number of Topliss-reactive ketones (excluding diaryl/α,β-unsaturated/α-hetero) is 1. The minimum Gasteiger partial charge on any atom is -0.394 e. The number of rotatable bonds is 15. The van der Waals surface area contributed by atoms with E-state index in [9.17, 15) is 24.6 Å². The number of carbonyl (C=O) groups is 3. The van der Waals surface area contributed by atoms with E-state index in [1.54, 1.807) is 0 Å². The van der Waals surface area contributed by atoms with Crippen molar-refractivity contribution in [2.24, 2.45) is 11.8 Å². The van der Waals surface area contributed by atoms with Gasteiger partial charge in [-0.3, -0.25) is 14.4 Å². The first-order valence-corrected chi connectivity index (χ1v) is 10.6. The summed E-state index contributed by atoms with van der Waals surface area (Å²) >= 11 is 0. The molecule has 1 unspecified atom stereocenters. The van der Waals surface area contributed by atoms with Gasteiger partial charge in [-0.15, -0.1) is 0 Å². The molecule has 4 N–H and O–H groups in total. The van der Waals surface area contributed by atoms with Crippen LogP contribution >= 0.6 is 0 Å². The Balaban J connectivity index is 2.55. The van der Waals surface area contributed by atoms with Gasteiger partial charge in [0.15, 0.2) is 11.4 Å². The highest BCUT2D eigenvalue weighted by molar-refractivity contribution is 5.98. The van der Waals surface area contributed by atoms with E-state index in [4.69, 9.17) is 4.74 Å². The van der Waals surface area contributed by atoms with E-state index in [0.29, 0.717) is 12.3 Å². The van der Waals surface area contributed by atoms with Gasteiger partial charge in [0.1, 0.15) is 6.04 Å². The maximum Gasteiger partial charge on any atom is 0.245 e. The lowest BCUT2D eigenvalue weighted by molar-refractivity contribution is -0.134. The summed E-state index contributed by atoms with van der Waals surface area (Å²) < 4.78 is 5.11. The maximum absolute atomic E-state index is 12.7. The van der Waals surface area contributed by atoms with Crippen molar-refractivity contribution in [3.05, 3.63) is 0 Å². The van der Waals surface area contributed by atoms with Crippen LogP contribution in [0.25, 0.3) is 0 Å². The Hall–Kier alpha value is -1.51. The van der Waals surface area contributed by atoms with E-state index in [2.05, 4.69) is 24.5 Å². The molecule has 8 nitrogen and oxygen atoms in total. The van der Waals surface area contributed by atoms with E-state index < -0.39 is 36.8 Å². The summed E-state index contributed by atoms with van der Waals surface area (Å²) in [6.45, 7) is 7.28. The number of carbonyl (C=O) groups excluding carboxylic acids is 3. The van der Waals surface area contributed by atoms with Crippen molar-refractivity contribution in [3.63, 3.8) is 0 Å². The number of ketones is 1. The van der Waals surface area contributed by atoms with E-state index in [1.807, 2.05) is 13.8 Å². The highest BCUT2D eigenvalue weighted by atomic mass is 16.6. The van der Waals surface area contributed by atoms with Crippen molar-refractivity contribution in [3.8, 4) is 0 Å². The molecule has 1 saturated heterocycles. The zero-order chi connectivity index (χ0) is 22.0. The summed E-state index contributed by atoms with van der Waals surface area (Å²) in [5, 5.41) is 24.1. The molecule has 8 heteroatoms. The molecule has 3 atom stereocenters. The second kappa shape index (κ2) is 12.2. The van der Waals surface area contributed by atoms with Crippen LogP contribution in [0.1, 0.15) is 66.2 Å². The highest BCUT2D eigenvalue weighted by Gasteiger charge is 2.54. The van der Waals surface area contributed by atoms with Gasteiger partial charge in [-0.2, -0.15) is 0 Å². The van der Waals surface area contributed by atoms with Crippen LogP contribution in [0, 0.1) is 11.8 Å². The van der Waals surface area contributed by atoms with Crippen molar-refractivity contribution >= 4 is 17.6 Å². The molecule has 2 amide bonds. The summed E-state index contributed by atoms with van der Waals surface area (Å²) in [7, 11) is 0. The van der Waals surface area contributed by atoms with Crippen LogP contribution in [0.2, 0.25) is 0 Å². The normalized spacial score (nSPS) is 20.4. The fourth-order valence-corrected chi connectivity index (χ4v) is 3.17. The van der Waals surface area contributed by atoms with E-state index in [-0.39, 0.29) is 30.6 Å². The van der Waals surface area contributed by atoms with Crippen molar-refractivity contribution in [1.29, 1.82) is 0 Å². The van der Waals surface area contributed by atoms with Gasteiger partial charge in [-0.05, 0) is 24.7 Å². The third-order valence-electron chi connectivity index (χ3n) is 5.06. The largest absolute Gasteiger partial charge is 0.394 e. The number of aliphatic hydroxyl groups is 2. The Kier molecular flexibility index (Phi) is 10.8. The predicted molar refractivity (Wildman–Crippen MR) is 109 cm³/mol. The van der Waals surface area contributed by atoms with Crippen LogP contribution in [0.5, 0.6) is 0 Å². The highest BCUT2D eigenvalue weighted by Crippen LogP contribution is 2.30. The molecule has 1 fully saturated rings. The predicted octanol–water partition coefficient (Wildman–Crippen LogP) is 0.931. The quantitative estimate of drug-likeness (QED) is 0.233. The van der Waals surface area contributed by atoms with Gasteiger partial charge < -0.3 is 25.6 Å². The number of epoxide rings is 1. The fourth-order valence-electron chi connectivity index (χ4n) is 3.17. The number of aliphatic hydroxyl groups excluding tert-OH is 2. The number of nitrogens with one attached hydrogen (secondary N) is 2. The summed E-state index contributed by atoms with van der Waals surface area (Å²) in [5.74, 6) is -0.540. The third-order valence-corrected chi connectivity index (χ3v) is 5.06. The molecule has 168 valence electrons. The molecule has 0 aromatic rings. The number of hydrogen-bond donors (Lipinski definition) is 4. The van der Waals surface area contributed by atoms with Gasteiger partial charge in [-0.25, -0.2) is 0 Å². The monoisotopic (exact) mass is 414 g/mol. The maximum atomic E-state index is 12.7. The van der Waals surface area contributed by atoms with E-state index in [1.165, 1.54) is 0 Å². The Bertz CT molecular complexity index is 545. The van der Waals surface area contributed by atoms with Crippen LogP contribution in [-0.4, -0.2) is 65.3 Å². The van der Waals surface area contributed by atoms with Crippen LogP contribution in [-0.2, 0) is 19.1 Å². The number of amides is 2. The lowest BCUT2D eigenvalue weighted by Crippen LogP contribution is -2.55. The summed E-state index contributed by atoms with van der Waals surface area (Å²) in [4.78, 5) is 37.3. The molecule has 1 rings (SSSR count). The van der Waals surface area contributed by atoms with Crippen LogP contribution in [0.3, 0.4) is 0 Å². The average molecular weight is 415 g/mol. The zero-order valence-electron chi connectivity index (χ0n) is 18.2. The van der Waals surface area contributed by atoms with Crippen LogP contribution in [0.4, 0.5) is 0 Å². The molecule has 0 spiro atoms. The lowest BCUT2D eigenvalue weighted by Gasteiger charge is -2.24. The van der Waals surface area contributed by atoms with E-state index >= 15 is 0 Å². The summed E-state index contributed by atoms with van der Waals surface area (Å²) in [6, 6.07) is -1.97. The lowest BCUT2D eigenvalue weighted by atomic mass is 9.92. The fraction of sp³-hybridized carbons (Fsp3) is 0.857. The Morgan fingerprint density at radius 2 is 1.62 bits per heavy atom. The third kappa shape index (κ3) is 8.80.